The largest absolute Gasteiger partial charge is 0.458 e. The number of carbonyl (C=O) groups is 2. The lowest BCUT2D eigenvalue weighted by Gasteiger charge is -2.37. The van der Waals surface area contributed by atoms with E-state index in [-0.39, 0.29) is 18.1 Å². The second kappa shape index (κ2) is 7.63. The Bertz CT molecular complexity index is 494. The average Bonchev–Trinajstić information content (AvgIpc) is 2.74. The van der Waals surface area contributed by atoms with E-state index in [2.05, 4.69) is 39.2 Å². The smallest absolute Gasteiger partial charge is 0.408 e. The van der Waals surface area contributed by atoms with Crippen molar-refractivity contribution in [1.29, 1.82) is 0 Å². The monoisotopic (exact) mass is 375 g/mol. The highest BCUT2D eigenvalue weighted by Gasteiger charge is 2.42. The summed E-state index contributed by atoms with van der Waals surface area (Å²) in [6.07, 6.45) is -2.11. The number of hydrogen-bond donors (Lipinski definition) is 2. The van der Waals surface area contributed by atoms with Gasteiger partial charge in [0.05, 0.1) is 6.61 Å². The van der Waals surface area contributed by atoms with Gasteiger partial charge in [-0.3, -0.25) is 0 Å². The highest BCUT2D eigenvalue weighted by Crippen LogP contribution is 2.36. The van der Waals surface area contributed by atoms with Crippen LogP contribution in [0.4, 0.5) is 4.79 Å². The van der Waals surface area contributed by atoms with Gasteiger partial charge in [-0.2, -0.15) is 0 Å². The van der Waals surface area contributed by atoms with E-state index >= 15 is 0 Å². The third-order valence-electron chi connectivity index (χ3n) is 4.56. The van der Waals surface area contributed by atoms with Gasteiger partial charge in [0, 0.05) is 6.42 Å². The summed E-state index contributed by atoms with van der Waals surface area (Å²) in [7, 11) is -2.00. The lowest BCUT2D eigenvalue weighted by molar-refractivity contribution is -0.147. The second-order valence-corrected chi connectivity index (χ2v) is 13.9. The van der Waals surface area contributed by atoms with E-state index in [9.17, 15) is 14.7 Å². The molecule has 0 aliphatic carbocycles. The predicted octanol–water partition coefficient (Wildman–Crippen LogP) is 2.58. The molecule has 1 fully saturated rings. The number of aliphatic hydroxyl groups is 1. The maximum atomic E-state index is 11.9. The van der Waals surface area contributed by atoms with E-state index < -0.39 is 44.2 Å². The van der Waals surface area contributed by atoms with Gasteiger partial charge < -0.3 is 24.3 Å². The molecule has 0 aromatic heterocycles. The minimum atomic E-state index is -2.00. The SMILES string of the molecule is CC(C)(C)OC(=O)N[C@@H]1C[C@H]([C@H](O)CO[Si](C)(C)C(C)(C)C)OC1=O. The van der Waals surface area contributed by atoms with Crippen molar-refractivity contribution in [3.8, 4) is 0 Å². The van der Waals surface area contributed by atoms with Crippen molar-refractivity contribution in [2.75, 3.05) is 6.61 Å². The summed E-state index contributed by atoms with van der Waals surface area (Å²) in [5.41, 5.74) is -0.650. The van der Waals surface area contributed by atoms with Crippen LogP contribution in [0.25, 0.3) is 0 Å². The third-order valence-corrected chi connectivity index (χ3v) is 9.06. The maximum absolute atomic E-state index is 11.9. The van der Waals surface area contributed by atoms with E-state index in [0.717, 1.165) is 0 Å². The Morgan fingerprint density at radius 1 is 1.32 bits per heavy atom. The first-order chi connectivity index (χ1) is 11.1. The Morgan fingerprint density at radius 3 is 2.36 bits per heavy atom. The minimum absolute atomic E-state index is 0.0277. The number of aliphatic hydroxyl groups excluding tert-OH is 1. The van der Waals surface area contributed by atoms with E-state index in [1.165, 1.54) is 0 Å². The highest BCUT2D eigenvalue weighted by molar-refractivity contribution is 6.74. The van der Waals surface area contributed by atoms with Gasteiger partial charge in [0.1, 0.15) is 23.9 Å². The summed E-state index contributed by atoms with van der Waals surface area (Å²) in [4.78, 5) is 23.7. The molecule has 7 nitrogen and oxygen atoms in total. The summed E-state index contributed by atoms with van der Waals surface area (Å²) < 4.78 is 16.3. The molecule has 1 amide bonds. The van der Waals surface area contributed by atoms with Crippen LogP contribution in [-0.2, 0) is 18.7 Å². The van der Waals surface area contributed by atoms with Crippen molar-refractivity contribution in [3.05, 3.63) is 0 Å². The van der Waals surface area contributed by atoms with Crippen LogP contribution < -0.4 is 5.32 Å². The molecule has 1 aliphatic rings. The Kier molecular flexibility index (Phi) is 6.69. The zero-order chi connectivity index (χ0) is 19.6. The van der Waals surface area contributed by atoms with Crippen molar-refractivity contribution in [3.63, 3.8) is 0 Å². The topological polar surface area (TPSA) is 94.1 Å². The molecule has 0 bridgehead atoms. The van der Waals surface area contributed by atoms with Crippen LogP contribution in [0.15, 0.2) is 0 Å². The number of alkyl carbamates (subject to hydrolysis) is 1. The molecule has 1 heterocycles. The molecule has 0 spiro atoms. The molecule has 0 saturated carbocycles. The van der Waals surface area contributed by atoms with Gasteiger partial charge in [-0.15, -0.1) is 0 Å². The molecule has 2 N–H and O–H groups in total. The van der Waals surface area contributed by atoms with Gasteiger partial charge in [0.25, 0.3) is 0 Å². The first-order valence-corrected chi connectivity index (χ1v) is 11.6. The Labute approximate surface area is 151 Å². The van der Waals surface area contributed by atoms with Gasteiger partial charge in [-0.1, -0.05) is 20.8 Å². The van der Waals surface area contributed by atoms with Gasteiger partial charge in [-0.05, 0) is 38.9 Å². The van der Waals surface area contributed by atoms with Gasteiger partial charge in [-0.25, -0.2) is 9.59 Å². The lowest BCUT2D eigenvalue weighted by Crippen LogP contribution is -2.44. The summed E-state index contributed by atoms with van der Waals surface area (Å²) in [6, 6.07) is -0.817. The summed E-state index contributed by atoms with van der Waals surface area (Å²) >= 11 is 0. The molecule has 0 unspecified atom stereocenters. The van der Waals surface area contributed by atoms with Crippen molar-refractivity contribution in [2.24, 2.45) is 0 Å². The molecule has 1 aliphatic heterocycles. The highest BCUT2D eigenvalue weighted by atomic mass is 28.4. The summed E-state index contributed by atoms with van der Waals surface area (Å²) in [5, 5.41) is 12.8. The Balaban J connectivity index is 2.54. The van der Waals surface area contributed by atoms with Gasteiger partial charge in [0.2, 0.25) is 0 Å². The first-order valence-electron chi connectivity index (χ1n) is 8.64. The summed E-state index contributed by atoms with van der Waals surface area (Å²) in [5.74, 6) is -0.567. The molecule has 1 rings (SSSR count). The van der Waals surface area contributed by atoms with Crippen LogP contribution in [0, 0.1) is 0 Å². The van der Waals surface area contributed by atoms with Crippen LogP contribution >= 0.6 is 0 Å². The number of cyclic esters (lactones) is 1. The number of ether oxygens (including phenoxy) is 2. The number of hydrogen-bond acceptors (Lipinski definition) is 6. The van der Waals surface area contributed by atoms with E-state index in [1.54, 1.807) is 20.8 Å². The Hall–Kier alpha value is -1.12. The molecule has 0 aromatic carbocycles. The normalized spacial score (nSPS) is 23.2. The zero-order valence-corrected chi connectivity index (χ0v) is 17.6. The number of carbonyl (C=O) groups excluding carboxylic acids is 2. The second-order valence-electron chi connectivity index (χ2n) is 9.05. The number of esters is 1. The van der Waals surface area contributed by atoms with Crippen molar-refractivity contribution in [1.82, 2.24) is 5.32 Å². The van der Waals surface area contributed by atoms with Gasteiger partial charge in [0.15, 0.2) is 8.32 Å². The fourth-order valence-electron chi connectivity index (χ4n) is 2.03. The maximum Gasteiger partial charge on any atom is 0.408 e. The fourth-order valence-corrected chi connectivity index (χ4v) is 3.05. The molecule has 0 aromatic rings. The average molecular weight is 376 g/mol. The third kappa shape index (κ3) is 6.60. The molecular formula is C17H33NO6Si. The van der Waals surface area contributed by atoms with Crippen LogP contribution in [0.1, 0.15) is 48.0 Å². The van der Waals surface area contributed by atoms with Crippen molar-refractivity contribution < 1.29 is 28.6 Å². The van der Waals surface area contributed by atoms with E-state index in [0.29, 0.717) is 0 Å². The van der Waals surface area contributed by atoms with Crippen LogP contribution in [0.2, 0.25) is 18.1 Å². The molecule has 0 radical (unpaired) electrons. The first kappa shape index (κ1) is 21.9. The predicted molar refractivity (Wildman–Crippen MR) is 96.8 cm³/mol. The van der Waals surface area contributed by atoms with Crippen molar-refractivity contribution >= 4 is 20.4 Å². The molecule has 1 saturated heterocycles. The fraction of sp³-hybridized carbons (Fsp3) is 0.882. The van der Waals surface area contributed by atoms with E-state index in [1.807, 2.05) is 0 Å². The molecule has 25 heavy (non-hydrogen) atoms. The number of nitrogens with one attached hydrogen (secondary N) is 1. The summed E-state index contributed by atoms with van der Waals surface area (Å²) in [6.45, 7) is 15.8. The van der Waals surface area contributed by atoms with Crippen LogP contribution in [0.5, 0.6) is 0 Å². The Morgan fingerprint density at radius 2 is 1.88 bits per heavy atom. The van der Waals surface area contributed by atoms with E-state index in [4.69, 9.17) is 13.9 Å². The van der Waals surface area contributed by atoms with Crippen LogP contribution in [0.3, 0.4) is 0 Å². The quantitative estimate of drug-likeness (QED) is 0.566. The number of rotatable bonds is 5. The lowest BCUT2D eigenvalue weighted by atomic mass is 10.1. The van der Waals surface area contributed by atoms with Crippen LogP contribution in [-0.4, -0.2) is 55.9 Å². The van der Waals surface area contributed by atoms with Gasteiger partial charge >= 0.3 is 12.1 Å². The zero-order valence-electron chi connectivity index (χ0n) is 16.6. The molecule has 146 valence electrons. The molecule has 8 heteroatoms. The molecule has 3 atom stereocenters. The minimum Gasteiger partial charge on any atom is -0.458 e. The molecular weight excluding hydrogens is 342 g/mol. The van der Waals surface area contributed by atoms with Crippen molar-refractivity contribution in [2.45, 2.75) is 89.9 Å². The number of amides is 1. The standard InChI is InChI=1S/C17H33NO6Si/c1-16(2,3)24-15(21)18-11-9-13(23-14(11)20)12(19)10-22-25(7,8)17(4,5)6/h11-13,19H,9-10H2,1-8H3,(H,18,21)/t11-,12-,13-/m1/s1.